The van der Waals surface area contributed by atoms with Crippen LogP contribution in [0.4, 0.5) is 0 Å². The second-order valence-electron chi connectivity index (χ2n) is 3.07. The van der Waals surface area contributed by atoms with Gasteiger partial charge in [-0.25, -0.2) is 12.7 Å². The molecule has 0 radical (unpaired) electrons. The maximum absolute atomic E-state index is 11.8. The lowest BCUT2D eigenvalue weighted by molar-refractivity contribution is 0.321. The summed E-state index contributed by atoms with van der Waals surface area (Å²) in [5, 5.41) is 11.2. The van der Waals surface area contributed by atoms with E-state index < -0.39 is 10.0 Å². The normalized spacial score (nSPS) is 12.5. The van der Waals surface area contributed by atoms with Gasteiger partial charge >= 0.3 is 0 Å². The van der Waals surface area contributed by atoms with Gasteiger partial charge in [0.05, 0.1) is 11.1 Å². The molecule has 1 N–H and O–H groups in total. The molecule has 5 nitrogen and oxygen atoms in total. The van der Waals surface area contributed by atoms with Crippen LogP contribution >= 0.6 is 0 Å². The third-order valence-corrected chi connectivity index (χ3v) is 3.76. The Bertz CT molecular complexity index is 466. The highest BCUT2D eigenvalue weighted by molar-refractivity contribution is 7.89. The second-order valence-corrected chi connectivity index (χ2v) is 5.19. The standard InChI is InChI=1S/C9H12N2O3S/c1-11(2)15(13,14)9-6-4-3-5-8(9)7-10-12/h3-7,12H,1-2H3/b10-7-. The highest BCUT2D eigenvalue weighted by Gasteiger charge is 2.19. The van der Waals surface area contributed by atoms with Gasteiger partial charge in [-0.15, -0.1) is 0 Å². The molecule has 0 aromatic heterocycles. The van der Waals surface area contributed by atoms with E-state index in [1.54, 1.807) is 18.2 Å². The molecule has 0 spiro atoms. The molecule has 1 rings (SSSR count). The average Bonchev–Trinajstić information content (AvgIpc) is 2.18. The SMILES string of the molecule is CN(C)S(=O)(=O)c1ccccc1/C=N\O. The maximum atomic E-state index is 11.8. The minimum absolute atomic E-state index is 0.118. The molecule has 0 heterocycles. The lowest BCUT2D eigenvalue weighted by Crippen LogP contribution is -2.23. The highest BCUT2D eigenvalue weighted by atomic mass is 32.2. The van der Waals surface area contributed by atoms with Crippen LogP contribution in [0, 0.1) is 0 Å². The van der Waals surface area contributed by atoms with Gasteiger partial charge < -0.3 is 5.21 Å². The van der Waals surface area contributed by atoms with E-state index in [-0.39, 0.29) is 4.90 Å². The van der Waals surface area contributed by atoms with E-state index in [1.807, 2.05) is 0 Å². The molecule has 0 atom stereocenters. The minimum atomic E-state index is -3.50. The Kier molecular flexibility index (Phi) is 3.43. The van der Waals surface area contributed by atoms with Crippen LogP contribution in [0.2, 0.25) is 0 Å². The molecule has 15 heavy (non-hydrogen) atoms. The van der Waals surface area contributed by atoms with Crippen LogP contribution in [0.15, 0.2) is 34.3 Å². The predicted molar refractivity (Wildman–Crippen MR) is 56.7 cm³/mol. The fourth-order valence-corrected chi connectivity index (χ4v) is 2.14. The van der Waals surface area contributed by atoms with Crippen LogP contribution in [0.5, 0.6) is 0 Å². The van der Waals surface area contributed by atoms with Crippen molar-refractivity contribution in [3.63, 3.8) is 0 Å². The molecule has 1 aromatic rings. The first kappa shape index (κ1) is 11.7. The number of hydrogen-bond donors (Lipinski definition) is 1. The molecule has 0 unspecified atom stereocenters. The first-order chi connectivity index (χ1) is 7.00. The topological polar surface area (TPSA) is 70.0 Å². The molecule has 0 aliphatic heterocycles. The fourth-order valence-electron chi connectivity index (χ4n) is 1.08. The monoisotopic (exact) mass is 228 g/mol. The summed E-state index contributed by atoms with van der Waals surface area (Å²) in [6.45, 7) is 0. The van der Waals surface area contributed by atoms with Gasteiger partial charge in [0, 0.05) is 19.7 Å². The lowest BCUT2D eigenvalue weighted by Gasteiger charge is -2.12. The van der Waals surface area contributed by atoms with Crippen molar-refractivity contribution in [2.75, 3.05) is 14.1 Å². The van der Waals surface area contributed by atoms with E-state index in [2.05, 4.69) is 5.16 Å². The van der Waals surface area contributed by atoms with Gasteiger partial charge in [0.1, 0.15) is 0 Å². The van der Waals surface area contributed by atoms with Crippen LogP contribution in [0.1, 0.15) is 5.56 Å². The van der Waals surface area contributed by atoms with Crippen LogP contribution in [0.3, 0.4) is 0 Å². The molecule has 0 fully saturated rings. The molecular weight excluding hydrogens is 216 g/mol. The summed E-state index contributed by atoms with van der Waals surface area (Å²) in [6, 6.07) is 6.32. The molecule has 0 aliphatic carbocycles. The van der Waals surface area contributed by atoms with Crippen molar-refractivity contribution in [3.8, 4) is 0 Å². The van der Waals surface area contributed by atoms with E-state index in [0.717, 1.165) is 10.5 Å². The quantitative estimate of drug-likeness (QED) is 0.471. The van der Waals surface area contributed by atoms with Crippen LogP contribution < -0.4 is 0 Å². The number of oxime groups is 1. The molecule has 1 aromatic carbocycles. The zero-order chi connectivity index (χ0) is 11.5. The van der Waals surface area contributed by atoms with E-state index >= 15 is 0 Å². The summed E-state index contributed by atoms with van der Waals surface area (Å²) in [7, 11) is -0.606. The first-order valence-corrected chi connectivity index (χ1v) is 5.63. The summed E-state index contributed by atoms with van der Waals surface area (Å²) in [6.07, 6.45) is 1.09. The molecule has 0 bridgehead atoms. The van der Waals surface area contributed by atoms with Gasteiger partial charge in [-0.3, -0.25) is 0 Å². The van der Waals surface area contributed by atoms with Gasteiger partial charge in [0.25, 0.3) is 0 Å². The Morgan fingerprint density at radius 3 is 2.47 bits per heavy atom. The number of nitrogens with zero attached hydrogens (tertiary/aromatic N) is 2. The third kappa shape index (κ3) is 2.34. The van der Waals surface area contributed by atoms with Gasteiger partial charge in [0.15, 0.2) is 0 Å². The van der Waals surface area contributed by atoms with E-state index in [4.69, 9.17) is 5.21 Å². The first-order valence-electron chi connectivity index (χ1n) is 4.19. The van der Waals surface area contributed by atoms with Gasteiger partial charge in [-0.2, -0.15) is 0 Å². The predicted octanol–water partition coefficient (Wildman–Crippen LogP) is 0.745. The average molecular weight is 228 g/mol. The summed E-state index contributed by atoms with van der Waals surface area (Å²) in [4.78, 5) is 0.118. The van der Waals surface area contributed by atoms with Crippen molar-refractivity contribution in [2.45, 2.75) is 4.90 Å². The zero-order valence-electron chi connectivity index (χ0n) is 8.45. The largest absolute Gasteiger partial charge is 0.411 e. The highest BCUT2D eigenvalue weighted by Crippen LogP contribution is 2.16. The molecular formula is C9H12N2O3S. The van der Waals surface area contributed by atoms with Crippen LogP contribution in [-0.4, -0.2) is 38.2 Å². The summed E-state index contributed by atoms with van der Waals surface area (Å²) in [5.74, 6) is 0. The van der Waals surface area contributed by atoms with Crippen molar-refractivity contribution in [1.29, 1.82) is 0 Å². The molecule has 82 valence electrons. The van der Waals surface area contributed by atoms with Gasteiger partial charge in [0.2, 0.25) is 10.0 Å². The van der Waals surface area contributed by atoms with Crippen molar-refractivity contribution in [2.24, 2.45) is 5.16 Å². The third-order valence-electron chi connectivity index (χ3n) is 1.87. The molecule has 0 amide bonds. The molecule has 0 saturated heterocycles. The second kappa shape index (κ2) is 4.41. The number of rotatable bonds is 3. The Labute approximate surface area is 88.7 Å². The molecule has 0 saturated carbocycles. The van der Waals surface area contributed by atoms with Crippen molar-refractivity contribution < 1.29 is 13.6 Å². The van der Waals surface area contributed by atoms with Crippen LogP contribution in [0.25, 0.3) is 0 Å². The number of benzene rings is 1. The van der Waals surface area contributed by atoms with Crippen LogP contribution in [-0.2, 0) is 10.0 Å². The zero-order valence-corrected chi connectivity index (χ0v) is 9.27. The smallest absolute Gasteiger partial charge is 0.243 e. The Balaban J connectivity index is 3.38. The van der Waals surface area contributed by atoms with E-state index in [9.17, 15) is 8.42 Å². The maximum Gasteiger partial charge on any atom is 0.243 e. The number of hydrogen-bond acceptors (Lipinski definition) is 4. The summed E-state index contributed by atoms with van der Waals surface area (Å²) in [5.41, 5.74) is 0.355. The van der Waals surface area contributed by atoms with Gasteiger partial charge in [-0.1, -0.05) is 23.4 Å². The fraction of sp³-hybridized carbons (Fsp3) is 0.222. The van der Waals surface area contributed by atoms with Crippen molar-refractivity contribution in [1.82, 2.24) is 4.31 Å². The lowest BCUT2D eigenvalue weighted by atomic mass is 10.2. The van der Waals surface area contributed by atoms with Crippen molar-refractivity contribution in [3.05, 3.63) is 29.8 Å². The van der Waals surface area contributed by atoms with Crippen molar-refractivity contribution >= 4 is 16.2 Å². The molecule has 6 heteroatoms. The van der Waals surface area contributed by atoms with Gasteiger partial charge in [-0.05, 0) is 6.07 Å². The Morgan fingerprint density at radius 1 is 1.33 bits per heavy atom. The molecule has 0 aliphatic rings. The Hall–Kier alpha value is -1.40. The number of sulfonamides is 1. The summed E-state index contributed by atoms with van der Waals surface area (Å²) < 4.78 is 24.7. The summed E-state index contributed by atoms with van der Waals surface area (Å²) >= 11 is 0. The van der Waals surface area contributed by atoms with E-state index in [0.29, 0.717) is 5.56 Å². The Morgan fingerprint density at radius 2 is 1.93 bits per heavy atom. The minimum Gasteiger partial charge on any atom is -0.411 e. The van der Waals surface area contributed by atoms with E-state index in [1.165, 1.54) is 20.2 Å².